The Morgan fingerprint density at radius 2 is 1.55 bits per heavy atom. The second-order valence-corrected chi connectivity index (χ2v) is 14.2. The van der Waals surface area contributed by atoms with Crippen LogP contribution in [0, 0.1) is 0 Å². The van der Waals surface area contributed by atoms with E-state index in [2.05, 4.69) is 30.2 Å². The lowest BCUT2D eigenvalue weighted by molar-refractivity contribution is -0.0671. The first-order chi connectivity index (χ1) is 22.5. The van der Waals surface area contributed by atoms with Crippen LogP contribution in [-0.4, -0.2) is 110 Å². The SMILES string of the molecule is Nc1ncnc2c1ncn2[C@@H]1O[C@@H]2COP(=O)(O)O[C@H]3[C@@H](O)[C@H](n4cc5c6c(ncnc64)NCCC5)O[C@@H]3COP(=O)(O)O[C@@H]1[C@@H]2O. The maximum Gasteiger partial charge on any atom is 0.472 e. The first-order valence-electron chi connectivity index (χ1n) is 14.5. The summed E-state index contributed by atoms with van der Waals surface area (Å²) >= 11 is 0. The molecular formula is C24H29N9O12P2. The molecule has 10 atom stereocenters. The number of nitrogens with zero attached hydrogens (tertiary/aromatic N) is 7. The van der Waals surface area contributed by atoms with E-state index in [0.29, 0.717) is 24.4 Å². The number of ether oxygens (including phenoxy) is 2. The van der Waals surface area contributed by atoms with Crippen LogP contribution >= 0.6 is 15.6 Å². The van der Waals surface area contributed by atoms with Gasteiger partial charge in [0, 0.05) is 12.7 Å². The maximum absolute atomic E-state index is 13.3. The molecule has 8 rings (SSSR count). The largest absolute Gasteiger partial charge is 0.472 e. The molecule has 4 aliphatic rings. The quantitative estimate of drug-likeness (QED) is 0.147. The van der Waals surface area contributed by atoms with Crippen molar-refractivity contribution in [1.82, 2.24) is 34.1 Å². The van der Waals surface area contributed by atoms with E-state index >= 15 is 0 Å². The van der Waals surface area contributed by atoms with Gasteiger partial charge in [-0.25, -0.2) is 34.0 Å². The Morgan fingerprint density at radius 3 is 2.36 bits per heavy atom. The molecule has 2 bridgehead atoms. The zero-order chi connectivity index (χ0) is 32.7. The van der Waals surface area contributed by atoms with Crippen molar-refractivity contribution in [3.8, 4) is 0 Å². The number of anilines is 2. The van der Waals surface area contributed by atoms with Crippen LogP contribution in [0.4, 0.5) is 11.6 Å². The number of hydrogen-bond acceptors (Lipinski definition) is 17. The molecule has 4 aromatic heterocycles. The molecule has 21 nitrogen and oxygen atoms in total. The van der Waals surface area contributed by atoms with Crippen LogP contribution in [-0.2, 0) is 43.1 Å². The van der Waals surface area contributed by atoms with Gasteiger partial charge in [-0.05, 0) is 18.4 Å². The van der Waals surface area contributed by atoms with Crippen molar-refractivity contribution >= 4 is 49.5 Å². The van der Waals surface area contributed by atoms with Crippen molar-refractivity contribution in [3.05, 3.63) is 30.7 Å². The minimum atomic E-state index is -5.04. The van der Waals surface area contributed by atoms with Crippen molar-refractivity contribution in [2.45, 2.75) is 61.9 Å². The molecule has 0 radical (unpaired) electrons. The Morgan fingerprint density at radius 1 is 0.851 bits per heavy atom. The standard InChI is InChI=1S/C24H29N9O12P2/c25-19-14-22(30-7-27-19)33(9-31-14)24-18-15(34)11(42-24)5-40-46(36,37)44-17-12(6-41-47(38,39)45-18)43-23(16(17)35)32-4-10-2-1-3-26-20-13(10)21(32)29-8-28-20/h4,7-9,11-12,15-18,23-24,34-35H,1-3,5-6H2,(H,36,37)(H,38,39)(H2,25,27,30)(H,26,28,29)/t11-,12-,15-,16-,17-,18-,23-,24-/m1/s1. The van der Waals surface area contributed by atoms with Crippen LogP contribution in [0.3, 0.4) is 0 Å². The fourth-order valence-electron chi connectivity index (χ4n) is 6.33. The van der Waals surface area contributed by atoms with Crippen molar-refractivity contribution in [3.63, 3.8) is 0 Å². The number of imidazole rings is 1. The first-order valence-corrected chi connectivity index (χ1v) is 17.5. The lowest BCUT2D eigenvalue weighted by Crippen LogP contribution is -2.36. The maximum atomic E-state index is 13.3. The average molecular weight is 697 g/mol. The van der Waals surface area contributed by atoms with Crippen molar-refractivity contribution in [2.24, 2.45) is 0 Å². The summed E-state index contributed by atoms with van der Waals surface area (Å²) in [5.74, 6) is 0.657. The molecule has 0 aliphatic carbocycles. The summed E-state index contributed by atoms with van der Waals surface area (Å²) < 4.78 is 62.6. The second kappa shape index (κ2) is 11.5. The Hall–Kier alpha value is -3.17. The Labute approximate surface area is 263 Å². The highest BCUT2D eigenvalue weighted by atomic mass is 31.2. The molecule has 23 heteroatoms. The third kappa shape index (κ3) is 5.41. The van der Waals surface area contributed by atoms with E-state index in [1.165, 1.54) is 17.2 Å². The number of aliphatic hydroxyl groups excluding tert-OH is 2. The molecule has 0 spiro atoms. The van der Waals surface area contributed by atoms with Crippen LogP contribution in [0.5, 0.6) is 0 Å². The summed E-state index contributed by atoms with van der Waals surface area (Å²) in [6.07, 6.45) is -4.83. The van der Waals surface area contributed by atoms with Gasteiger partial charge in [-0.3, -0.25) is 22.7 Å². The second-order valence-electron chi connectivity index (χ2n) is 11.4. The van der Waals surface area contributed by atoms with E-state index in [-0.39, 0.29) is 17.0 Å². The van der Waals surface area contributed by atoms with Gasteiger partial charge in [-0.15, -0.1) is 0 Å². The molecule has 47 heavy (non-hydrogen) atoms. The molecular weight excluding hydrogens is 668 g/mol. The van der Waals surface area contributed by atoms with E-state index < -0.39 is 77.9 Å². The number of hydrogen-bond donors (Lipinski definition) is 6. The highest BCUT2D eigenvalue weighted by Gasteiger charge is 2.54. The van der Waals surface area contributed by atoms with Gasteiger partial charge in [0.05, 0.1) is 24.9 Å². The first kappa shape index (κ1) is 31.1. The fraction of sp³-hybridized carbons (Fsp3) is 0.542. The summed E-state index contributed by atoms with van der Waals surface area (Å²) in [7, 11) is -10.0. The Balaban J connectivity index is 1.11. The number of phosphoric acid groups is 2. The van der Waals surface area contributed by atoms with Crippen LogP contribution in [0.25, 0.3) is 22.2 Å². The van der Waals surface area contributed by atoms with Gasteiger partial charge in [0.1, 0.15) is 66.3 Å². The minimum absolute atomic E-state index is 0.0461. The molecule has 0 aromatic carbocycles. The van der Waals surface area contributed by atoms with Crippen LogP contribution in [0.15, 0.2) is 25.2 Å². The number of rotatable bonds is 2. The van der Waals surface area contributed by atoms with Crippen LogP contribution in [0.1, 0.15) is 24.4 Å². The lowest BCUT2D eigenvalue weighted by atomic mass is 10.1. The number of fused-ring (bicyclic) bond motifs is 4. The number of nitrogens with one attached hydrogen (secondary N) is 1. The van der Waals surface area contributed by atoms with E-state index in [1.807, 2.05) is 0 Å². The molecule has 3 saturated heterocycles. The third-order valence-electron chi connectivity index (χ3n) is 8.47. The molecule has 252 valence electrons. The predicted octanol–water partition coefficient (Wildman–Crippen LogP) is -0.254. The van der Waals surface area contributed by atoms with Gasteiger partial charge >= 0.3 is 15.6 Å². The molecule has 4 aliphatic heterocycles. The number of nitrogens with two attached hydrogens (primary N) is 1. The molecule has 0 saturated carbocycles. The van der Waals surface area contributed by atoms with Gasteiger partial charge in [0.15, 0.2) is 23.9 Å². The molecule has 0 amide bonds. The van der Waals surface area contributed by atoms with Crippen LogP contribution in [0.2, 0.25) is 0 Å². The van der Waals surface area contributed by atoms with Crippen molar-refractivity contribution < 1.29 is 56.7 Å². The van der Waals surface area contributed by atoms with E-state index in [4.69, 9.17) is 33.3 Å². The van der Waals surface area contributed by atoms with Gasteiger partial charge in [-0.2, -0.15) is 0 Å². The molecule has 8 heterocycles. The van der Waals surface area contributed by atoms with Gasteiger partial charge in [0.25, 0.3) is 0 Å². The van der Waals surface area contributed by atoms with E-state index in [0.717, 1.165) is 23.7 Å². The number of aryl methyl sites for hydroxylation is 1. The Bertz CT molecular complexity index is 1940. The normalized spacial score (nSPS) is 37.9. The highest BCUT2D eigenvalue weighted by molar-refractivity contribution is 7.47. The van der Waals surface area contributed by atoms with E-state index in [9.17, 15) is 29.1 Å². The summed E-state index contributed by atoms with van der Waals surface area (Å²) in [5.41, 5.74) is 7.53. The van der Waals surface area contributed by atoms with Gasteiger partial charge in [0.2, 0.25) is 0 Å². The van der Waals surface area contributed by atoms with Crippen LogP contribution < -0.4 is 11.1 Å². The number of aliphatic hydroxyl groups is 2. The van der Waals surface area contributed by atoms with E-state index in [1.54, 1.807) is 10.8 Å². The molecule has 2 unspecified atom stereocenters. The molecule has 4 aromatic rings. The third-order valence-corrected chi connectivity index (χ3v) is 10.4. The zero-order valence-electron chi connectivity index (χ0n) is 24.1. The number of phosphoric ester groups is 2. The molecule has 3 fully saturated rings. The number of nitrogen functional groups attached to an aromatic ring is 1. The summed E-state index contributed by atoms with van der Waals surface area (Å²) in [6.45, 7) is -0.780. The summed E-state index contributed by atoms with van der Waals surface area (Å²) in [5, 5.41) is 26.5. The molecule has 7 N–H and O–H groups in total. The predicted molar refractivity (Wildman–Crippen MR) is 155 cm³/mol. The fourth-order valence-corrected chi connectivity index (χ4v) is 8.23. The highest BCUT2D eigenvalue weighted by Crippen LogP contribution is 2.54. The Kier molecular flexibility index (Phi) is 7.59. The monoisotopic (exact) mass is 697 g/mol. The van der Waals surface area contributed by atoms with Crippen molar-refractivity contribution in [1.29, 1.82) is 0 Å². The lowest BCUT2D eigenvalue weighted by Gasteiger charge is -2.25. The zero-order valence-corrected chi connectivity index (χ0v) is 25.9. The summed E-state index contributed by atoms with van der Waals surface area (Å²) in [6, 6.07) is 0. The number of aromatic nitrogens is 7. The summed E-state index contributed by atoms with van der Waals surface area (Å²) in [4.78, 5) is 42.4. The topological polar surface area (TPSA) is 283 Å². The van der Waals surface area contributed by atoms with Gasteiger partial charge in [-0.1, -0.05) is 0 Å². The average Bonchev–Trinajstić information content (AvgIpc) is 3.74. The smallest absolute Gasteiger partial charge is 0.387 e. The minimum Gasteiger partial charge on any atom is -0.387 e. The van der Waals surface area contributed by atoms with Gasteiger partial charge < -0.3 is 45.1 Å². The van der Waals surface area contributed by atoms with Crippen molar-refractivity contribution in [2.75, 3.05) is 30.8 Å².